The van der Waals surface area contributed by atoms with Gasteiger partial charge in [-0.1, -0.05) is 66.7 Å². The number of hydrogen-bond acceptors (Lipinski definition) is 4. The van der Waals surface area contributed by atoms with Gasteiger partial charge >= 0.3 is 6.03 Å². The lowest BCUT2D eigenvalue weighted by Crippen LogP contribution is -2.64. The molecule has 0 bridgehead atoms. The number of nitrogens with zero attached hydrogens (tertiary/aromatic N) is 3. The van der Waals surface area contributed by atoms with Crippen LogP contribution in [0.4, 0.5) is 16.2 Å². The van der Waals surface area contributed by atoms with Crippen LogP contribution in [0.2, 0.25) is 0 Å². The van der Waals surface area contributed by atoms with Crippen molar-refractivity contribution in [3.8, 4) is 0 Å². The molecule has 30 heavy (non-hydrogen) atoms. The molecule has 2 aliphatic rings. The standard InChI is InChI=1S/C24H22N4O2/c29-23-21-16-25-28(20-14-8-3-9-15-20)22(21)26(17-18-10-4-1-5-11-18)24(30)27(23)19-12-6-2-7-13-19/h1-15,21-22,25H,16-17H2. The number of carbonyl (C=O) groups is 2. The summed E-state index contributed by atoms with van der Waals surface area (Å²) in [7, 11) is 0. The van der Waals surface area contributed by atoms with Crippen molar-refractivity contribution in [2.75, 3.05) is 16.5 Å². The van der Waals surface area contributed by atoms with E-state index in [2.05, 4.69) is 5.43 Å². The molecular weight excluding hydrogens is 376 g/mol. The highest BCUT2D eigenvalue weighted by Gasteiger charge is 2.52. The van der Waals surface area contributed by atoms with Gasteiger partial charge in [0, 0.05) is 13.1 Å². The maximum Gasteiger partial charge on any atom is 0.333 e. The molecule has 2 heterocycles. The molecule has 0 aromatic heterocycles. The fraction of sp³-hybridized carbons (Fsp3) is 0.167. The van der Waals surface area contributed by atoms with E-state index in [-0.39, 0.29) is 17.9 Å². The number of carbonyl (C=O) groups excluding carboxylic acids is 2. The third-order valence-corrected chi connectivity index (χ3v) is 5.64. The maximum absolute atomic E-state index is 13.6. The fourth-order valence-corrected chi connectivity index (χ4v) is 4.24. The van der Waals surface area contributed by atoms with Crippen LogP contribution in [0.25, 0.3) is 0 Å². The van der Waals surface area contributed by atoms with Gasteiger partial charge in [-0.15, -0.1) is 0 Å². The van der Waals surface area contributed by atoms with Crippen LogP contribution < -0.4 is 15.3 Å². The number of imide groups is 1. The van der Waals surface area contributed by atoms with E-state index in [0.29, 0.717) is 18.8 Å². The molecule has 2 unspecified atom stereocenters. The summed E-state index contributed by atoms with van der Waals surface area (Å²) in [5.74, 6) is -0.543. The van der Waals surface area contributed by atoms with Crippen LogP contribution in [0.3, 0.4) is 0 Å². The summed E-state index contributed by atoms with van der Waals surface area (Å²) in [5.41, 5.74) is 5.89. The Balaban J connectivity index is 1.57. The number of nitrogens with one attached hydrogen (secondary N) is 1. The van der Waals surface area contributed by atoms with Gasteiger partial charge in [-0.2, -0.15) is 0 Å². The minimum Gasteiger partial charge on any atom is -0.297 e. The largest absolute Gasteiger partial charge is 0.333 e. The Morgan fingerprint density at radius 3 is 1.97 bits per heavy atom. The molecule has 2 atom stereocenters. The quantitative estimate of drug-likeness (QED) is 0.729. The number of anilines is 2. The molecule has 2 saturated heterocycles. The minimum atomic E-state index is -0.396. The van der Waals surface area contributed by atoms with Crippen LogP contribution in [0, 0.1) is 5.92 Å². The zero-order valence-electron chi connectivity index (χ0n) is 16.4. The molecule has 3 aromatic carbocycles. The normalized spacial score (nSPS) is 21.1. The lowest BCUT2D eigenvalue weighted by Gasteiger charge is -2.44. The maximum atomic E-state index is 13.6. The SMILES string of the molecule is O=C1C2CNN(c3ccccc3)C2N(Cc2ccccc2)C(=O)N1c1ccccc1. The highest BCUT2D eigenvalue weighted by atomic mass is 16.2. The number of urea groups is 1. The topological polar surface area (TPSA) is 55.9 Å². The molecule has 0 radical (unpaired) electrons. The first-order valence-electron chi connectivity index (χ1n) is 10.1. The van der Waals surface area contributed by atoms with E-state index in [9.17, 15) is 9.59 Å². The Morgan fingerprint density at radius 1 is 0.767 bits per heavy atom. The Hall–Kier alpha value is -3.64. The van der Waals surface area contributed by atoms with E-state index in [1.54, 1.807) is 17.0 Å². The first kappa shape index (κ1) is 18.4. The van der Waals surface area contributed by atoms with Gasteiger partial charge in [0.25, 0.3) is 0 Å². The van der Waals surface area contributed by atoms with Crippen LogP contribution in [0.15, 0.2) is 91.0 Å². The van der Waals surface area contributed by atoms with E-state index < -0.39 is 6.17 Å². The first-order chi connectivity index (χ1) is 14.7. The fourth-order valence-electron chi connectivity index (χ4n) is 4.24. The van der Waals surface area contributed by atoms with E-state index in [4.69, 9.17) is 0 Å². The van der Waals surface area contributed by atoms with Crippen LogP contribution in [-0.4, -0.2) is 29.5 Å². The number of para-hydroxylation sites is 2. The molecule has 5 rings (SSSR count). The number of amides is 3. The van der Waals surface area contributed by atoms with Gasteiger partial charge in [0.15, 0.2) is 0 Å². The second kappa shape index (κ2) is 7.65. The molecular formula is C24H22N4O2. The third kappa shape index (κ3) is 3.11. The lowest BCUT2D eigenvalue weighted by atomic mass is 10.00. The van der Waals surface area contributed by atoms with Crippen LogP contribution in [0.5, 0.6) is 0 Å². The molecule has 150 valence electrons. The highest BCUT2D eigenvalue weighted by Crippen LogP contribution is 2.35. The van der Waals surface area contributed by atoms with Crippen molar-refractivity contribution in [1.29, 1.82) is 0 Å². The van der Waals surface area contributed by atoms with E-state index >= 15 is 0 Å². The molecule has 0 aliphatic carbocycles. The molecule has 3 aromatic rings. The van der Waals surface area contributed by atoms with Crippen molar-refractivity contribution in [2.45, 2.75) is 12.7 Å². The zero-order valence-corrected chi connectivity index (χ0v) is 16.4. The molecule has 2 aliphatic heterocycles. The zero-order chi connectivity index (χ0) is 20.5. The van der Waals surface area contributed by atoms with Crippen molar-refractivity contribution in [2.24, 2.45) is 5.92 Å². The Morgan fingerprint density at radius 2 is 1.33 bits per heavy atom. The second-order valence-corrected chi connectivity index (χ2v) is 7.49. The first-order valence-corrected chi connectivity index (χ1v) is 10.1. The van der Waals surface area contributed by atoms with Crippen LogP contribution in [-0.2, 0) is 11.3 Å². The van der Waals surface area contributed by atoms with Gasteiger partial charge in [0.2, 0.25) is 5.91 Å². The van der Waals surface area contributed by atoms with E-state index in [1.165, 1.54) is 4.90 Å². The van der Waals surface area contributed by atoms with Crippen molar-refractivity contribution in [1.82, 2.24) is 10.3 Å². The number of hydrazine groups is 1. The average molecular weight is 398 g/mol. The van der Waals surface area contributed by atoms with Gasteiger partial charge in [-0.25, -0.2) is 15.1 Å². The van der Waals surface area contributed by atoms with Crippen LogP contribution in [0.1, 0.15) is 5.56 Å². The monoisotopic (exact) mass is 398 g/mol. The smallest absolute Gasteiger partial charge is 0.297 e. The Bertz CT molecular complexity index is 1040. The van der Waals surface area contributed by atoms with Gasteiger partial charge in [-0.05, 0) is 29.8 Å². The predicted octanol–water partition coefficient (Wildman–Crippen LogP) is 3.62. The summed E-state index contributed by atoms with van der Waals surface area (Å²) in [4.78, 5) is 30.2. The average Bonchev–Trinajstić information content (AvgIpc) is 3.24. The second-order valence-electron chi connectivity index (χ2n) is 7.49. The van der Waals surface area contributed by atoms with E-state index in [0.717, 1.165) is 11.3 Å². The molecule has 0 saturated carbocycles. The Labute approximate surface area is 175 Å². The number of rotatable bonds is 4. The summed E-state index contributed by atoms with van der Waals surface area (Å²) in [6.45, 7) is 0.892. The number of fused-ring (bicyclic) bond motifs is 1. The van der Waals surface area contributed by atoms with Gasteiger partial charge in [-0.3, -0.25) is 14.7 Å². The summed E-state index contributed by atoms with van der Waals surface area (Å²) < 4.78 is 0. The van der Waals surface area contributed by atoms with Crippen LogP contribution >= 0.6 is 0 Å². The predicted molar refractivity (Wildman–Crippen MR) is 116 cm³/mol. The third-order valence-electron chi connectivity index (χ3n) is 5.64. The van der Waals surface area contributed by atoms with E-state index in [1.807, 2.05) is 83.9 Å². The number of hydrogen-bond donors (Lipinski definition) is 1. The summed E-state index contributed by atoms with van der Waals surface area (Å²) in [5, 5.41) is 1.95. The Kier molecular flexibility index (Phi) is 4.69. The van der Waals surface area contributed by atoms with Crippen molar-refractivity contribution in [3.05, 3.63) is 96.6 Å². The van der Waals surface area contributed by atoms with Gasteiger partial charge < -0.3 is 0 Å². The lowest BCUT2D eigenvalue weighted by molar-refractivity contribution is -0.124. The summed E-state index contributed by atoms with van der Waals surface area (Å²) >= 11 is 0. The molecule has 6 heteroatoms. The van der Waals surface area contributed by atoms with Crippen molar-refractivity contribution >= 4 is 23.3 Å². The molecule has 6 nitrogen and oxygen atoms in total. The summed E-state index contributed by atoms with van der Waals surface area (Å²) in [6, 6.07) is 28.6. The van der Waals surface area contributed by atoms with Crippen molar-refractivity contribution in [3.63, 3.8) is 0 Å². The summed E-state index contributed by atoms with van der Waals surface area (Å²) in [6.07, 6.45) is -0.396. The minimum absolute atomic E-state index is 0.175. The van der Waals surface area contributed by atoms with Gasteiger partial charge in [0.1, 0.15) is 6.17 Å². The molecule has 3 amide bonds. The molecule has 0 spiro atoms. The highest BCUT2D eigenvalue weighted by molar-refractivity contribution is 6.17. The molecule has 1 N–H and O–H groups in total. The van der Waals surface area contributed by atoms with Gasteiger partial charge in [0.05, 0.1) is 17.3 Å². The molecule has 2 fully saturated rings. The van der Waals surface area contributed by atoms with Crippen molar-refractivity contribution < 1.29 is 9.59 Å². The number of benzene rings is 3.